The summed E-state index contributed by atoms with van der Waals surface area (Å²) in [5.41, 5.74) is 2.19. The summed E-state index contributed by atoms with van der Waals surface area (Å²) in [5, 5.41) is 0.741. The summed E-state index contributed by atoms with van der Waals surface area (Å²) < 4.78 is 5.09. The number of aliphatic imine (C=N–C) groups is 1. The molecule has 1 saturated heterocycles. The lowest BCUT2D eigenvalue weighted by atomic mass is 9.97. The molecule has 5 nitrogen and oxygen atoms in total. The smallest absolute Gasteiger partial charge is 0.309 e. The maximum atomic E-state index is 12.2. The summed E-state index contributed by atoms with van der Waals surface area (Å²) in [5.74, 6) is -0.339. The monoisotopic (exact) mass is 358 g/mol. The van der Waals surface area contributed by atoms with Gasteiger partial charge >= 0.3 is 5.97 Å². The van der Waals surface area contributed by atoms with Crippen LogP contribution in [0.2, 0.25) is 0 Å². The molecule has 25 heavy (non-hydrogen) atoms. The molecule has 2 heterocycles. The van der Waals surface area contributed by atoms with E-state index in [9.17, 15) is 9.59 Å². The normalized spacial score (nSPS) is 20.1. The summed E-state index contributed by atoms with van der Waals surface area (Å²) in [6, 6.07) is 8.05. The number of aryl methyl sites for hydroxylation is 1. The predicted molar refractivity (Wildman–Crippen MR) is 100 cm³/mol. The molecule has 132 valence electrons. The van der Waals surface area contributed by atoms with Crippen LogP contribution in [0.15, 0.2) is 34.2 Å². The van der Waals surface area contributed by atoms with E-state index < -0.39 is 0 Å². The number of esters is 1. The van der Waals surface area contributed by atoms with E-state index in [-0.39, 0.29) is 17.8 Å². The van der Waals surface area contributed by atoms with Gasteiger partial charge in [0.2, 0.25) is 0 Å². The predicted octanol–water partition coefficient (Wildman–Crippen LogP) is 3.24. The number of benzene rings is 1. The number of rotatable bonds is 3. The number of carbonyl (C=O) groups excluding carboxylic acids is 2. The van der Waals surface area contributed by atoms with E-state index in [1.807, 2.05) is 44.2 Å². The van der Waals surface area contributed by atoms with Crippen molar-refractivity contribution >= 4 is 34.9 Å². The van der Waals surface area contributed by atoms with Crippen molar-refractivity contribution in [1.29, 1.82) is 0 Å². The summed E-state index contributed by atoms with van der Waals surface area (Å²) in [6.07, 6.45) is 3.36. The molecule has 0 N–H and O–H groups in total. The molecular formula is C19H22N2O3S. The van der Waals surface area contributed by atoms with Crippen LogP contribution in [0.4, 0.5) is 0 Å². The van der Waals surface area contributed by atoms with Gasteiger partial charge in [0.15, 0.2) is 5.17 Å². The highest BCUT2D eigenvalue weighted by Crippen LogP contribution is 2.32. The molecule has 0 saturated carbocycles. The lowest BCUT2D eigenvalue weighted by Crippen LogP contribution is -2.39. The van der Waals surface area contributed by atoms with Crippen molar-refractivity contribution in [1.82, 2.24) is 4.90 Å². The lowest BCUT2D eigenvalue weighted by Gasteiger charge is -2.31. The first-order chi connectivity index (χ1) is 12.1. The van der Waals surface area contributed by atoms with E-state index in [0.29, 0.717) is 11.5 Å². The minimum atomic E-state index is -0.187. The van der Waals surface area contributed by atoms with E-state index in [1.165, 1.54) is 17.3 Å². The number of likely N-dealkylation sites (tertiary alicyclic amines) is 1. The van der Waals surface area contributed by atoms with Crippen molar-refractivity contribution in [2.24, 2.45) is 10.9 Å². The molecule has 1 aromatic carbocycles. The van der Waals surface area contributed by atoms with Crippen LogP contribution >= 0.6 is 11.8 Å². The van der Waals surface area contributed by atoms with Gasteiger partial charge in [0.05, 0.1) is 17.4 Å². The fourth-order valence-electron chi connectivity index (χ4n) is 2.91. The quantitative estimate of drug-likeness (QED) is 0.613. The van der Waals surface area contributed by atoms with Crippen LogP contribution < -0.4 is 0 Å². The molecular weight excluding hydrogens is 336 g/mol. The number of ether oxygens (including phenoxy) is 1. The third-order valence-corrected chi connectivity index (χ3v) is 5.41. The van der Waals surface area contributed by atoms with Crippen molar-refractivity contribution in [2.45, 2.75) is 26.7 Å². The Morgan fingerprint density at radius 1 is 1.32 bits per heavy atom. The van der Waals surface area contributed by atoms with E-state index in [2.05, 4.69) is 9.89 Å². The molecule has 0 bridgehead atoms. The van der Waals surface area contributed by atoms with Gasteiger partial charge in [-0.25, -0.2) is 0 Å². The Balaban J connectivity index is 1.60. The molecule has 6 heteroatoms. The molecule has 2 aliphatic heterocycles. The van der Waals surface area contributed by atoms with Crippen LogP contribution in [0, 0.1) is 12.8 Å². The average Bonchev–Trinajstić information content (AvgIpc) is 2.98. The standard InChI is InChI=1S/C19H22N2O3S/c1-3-24-18(23)15-8-10-21(11-9-15)19-20-17(22)16(25-19)12-14-6-4-13(2)5-7-14/h4-7,12,15H,3,8-11H2,1-2H3/b16-12+. The van der Waals surface area contributed by atoms with Crippen molar-refractivity contribution in [2.75, 3.05) is 19.7 Å². The van der Waals surface area contributed by atoms with E-state index in [4.69, 9.17) is 4.74 Å². The number of carbonyl (C=O) groups is 2. The first kappa shape index (κ1) is 17.7. The molecule has 0 aromatic heterocycles. The Morgan fingerprint density at radius 3 is 2.64 bits per heavy atom. The van der Waals surface area contributed by atoms with Crippen LogP contribution in [-0.4, -0.2) is 41.6 Å². The number of hydrogen-bond acceptors (Lipinski definition) is 5. The molecule has 1 fully saturated rings. The maximum Gasteiger partial charge on any atom is 0.309 e. The summed E-state index contributed by atoms with van der Waals surface area (Å²) in [7, 11) is 0. The minimum Gasteiger partial charge on any atom is -0.466 e. The Hall–Kier alpha value is -2.08. The van der Waals surface area contributed by atoms with Gasteiger partial charge in [0.1, 0.15) is 0 Å². The SMILES string of the molecule is CCOC(=O)C1CCN(C2=NC(=O)/C(=C\c3ccc(C)cc3)S2)CC1. The molecule has 0 radical (unpaired) electrons. The highest BCUT2D eigenvalue weighted by atomic mass is 32.2. The first-order valence-corrected chi connectivity index (χ1v) is 9.39. The van der Waals surface area contributed by atoms with Crippen LogP contribution in [-0.2, 0) is 14.3 Å². The molecule has 0 atom stereocenters. The number of amidine groups is 1. The summed E-state index contributed by atoms with van der Waals surface area (Å²) in [4.78, 5) is 30.9. The Kier molecular flexibility index (Phi) is 5.58. The van der Waals surface area contributed by atoms with Crippen LogP contribution in [0.5, 0.6) is 0 Å². The van der Waals surface area contributed by atoms with Gasteiger partial charge < -0.3 is 9.64 Å². The second-order valence-electron chi connectivity index (χ2n) is 6.23. The molecule has 2 aliphatic rings. The number of amides is 1. The molecule has 0 unspecified atom stereocenters. The first-order valence-electron chi connectivity index (χ1n) is 8.57. The molecule has 1 amide bonds. The van der Waals surface area contributed by atoms with Crippen molar-refractivity contribution < 1.29 is 14.3 Å². The fourth-order valence-corrected chi connectivity index (χ4v) is 3.88. The zero-order valence-electron chi connectivity index (χ0n) is 14.5. The Labute approximate surface area is 152 Å². The lowest BCUT2D eigenvalue weighted by molar-refractivity contribution is -0.149. The average molecular weight is 358 g/mol. The molecule has 0 spiro atoms. The number of piperidine rings is 1. The topological polar surface area (TPSA) is 59.0 Å². The number of thioether (sulfide) groups is 1. The van der Waals surface area contributed by atoms with Gasteiger partial charge in [-0.1, -0.05) is 29.8 Å². The van der Waals surface area contributed by atoms with Gasteiger partial charge in [-0.2, -0.15) is 4.99 Å². The van der Waals surface area contributed by atoms with Gasteiger partial charge in [-0.15, -0.1) is 0 Å². The summed E-state index contributed by atoms with van der Waals surface area (Å²) >= 11 is 1.42. The highest BCUT2D eigenvalue weighted by molar-refractivity contribution is 8.18. The van der Waals surface area contributed by atoms with Gasteiger partial charge in [0, 0.05) is 13.1 Å². The van der Waals surface area contributed by atoms with Crippen LogP contribution in [0.25, 0.3) is 6.08 Å². The second kappa shape index (κ2) is 7.87. The zero-order valence-corrected chi connectivity index (χ0v) is 15.3. The van der Waals surface area contributed by atoms with Gasteiger partial charge in [-0.3, -0.25) is 9.59 Å². The molecule has 0 aliphatic carbocycles. The van der Waals surface area contributed by atoms with E-state index >= 15 is 0 Å². The van der Waals surface area contributed by atoms with Crippen molar-refractivity contribution in [3.05, 3.63) is 40.3 Å². The third-order valence-electron chi connectivity index (χ3n) is 4.37. The van der Waals surface area contributed by atoms with E-state index in [1.54, 1.807) is 0 Å². The highest BCUT2D eigenvalue weighted by Gasteiger charge is 2.31. The number of nitrogens with zero attached hydrogens (tertiary/aromatic N) is 2. The van der Waals surface area contributed by atoms with Crippen LogP contribution in [0.1, 0.15) is 30.9 Å². The van der Waals surface area contributed by atoms with Crippen molar-refractivity contribution in [3.8, 4) is 0 Å². The number of hydrogen-bond donors (Lipinski definition) is 0. The van der Waals surface area contributed by atoms with Crippen LogP contribution in [0.3, 0.4) is 0 Å². The molecule has 3 rings (SSSR count). The van der Waals surface area contributed by atoms with Crippen molar-refractivity contribution in [3.63, 3.8) is 0 Å². The molecule has 1 aromatic rings. The van der Waals surface area contributed by atoms with Gasteiger partial charge in [0.25, 0.3) is 5.91 Å². The zero-order chi connectivity index (χ0) is 17.8. The third kappa shape index (κ3) is 4.31. The van der Waals surface area contributed by atoms with E-state index in [0.717, 1.165) is 36.7 Å². The Morgan fingerprint density at radius 2 is 2.00 bits per heavy atom. The van der Waals surface area contributed by atoms with Gasteiger partial charge in [-0.05, 0) is 50.1 Å². The second-order valence-corrected chi connectivity index (χ2v) is 7.24. The minimum absolute atomic E-state index is 0.0403. The summed E-state index contributed by atoms with van der Waals surface area (Å²) in [6.45, 7) is 5.72. The Bertz CT molecular complexity index is 717. The maximum absolute atomic E-state index is 12.2. The fraction of sp³-hybridized carbons (Fsp3) is 0.421. The largest absolute Gasteiger partial charge is 0.466 e.